The van der Waals surface area contributed by atoms with Crippen molar-refractivity contribution >= 4 is 17.4 Å². The van der Waals surface area contributed by atoms with Gasteiger partial charge < -0.3 is 11.1 Å². The first-order chi connectivity index (χ1) is 9.08. The highest BCUT2D eigenvalue weighted by Gasteiger charge is 2.11. The van der Waals surface area contributed by atoms with E-state index in [-0.39, 0.29) is 18.1 Å². The average Bonchev–Trinajstić information content (AvgIpc) is 2.41. The molecule has 1 amide bonds. The second-order valence-corrected chi connectivity index (χ2v) is 4.65. The molecule has 19 heavy (non-hydrogen) atoms. The molecule has 4 nitrogen and oxygen atoms in total. The molecule has 0 aromatic heterocycles. The fraction of sp³-hybridized carbons (Fsp3) is 0.467. The lowest BCUT2D eigenvalue weighted by molar-refractivity contribution is -0.119. The van der Waals surface area contributed by atoms with Gasteiger partial charge in [0.05, 0.1) is 6.42 Å². The molecular formula is C15H22N2O2. The number of unbranched alkanes of at least 4 members (excludes halogenated alkanes) is 2. The Balaban J connectivity index is 2.78. The summed E-state index contributed by atoms with van der Waals surface area (Å²) in [7, 11) is 1.59. The van der Waals surface area contributed by atoms with Gasteiger partial charge in [0.2, 0.25) is 5.91 Å². The minimum Gasteiger partial charge on any atom is -0.398 e. The number of carbonyl (C=O) groups excluding carboxylic acids is 2. The lowest BCUT2D eigenvalue weighted by Gasteiger charge is -2.08. The van der Waals surface area contributed by atoms with E-state index in [0.29, 0.717) is 17.7 Å². The number of Topliss-reactive ketones (excluding diaryl/α,β-unsaturated/α-hetero) is 1. The molecule has 0 aliphatic rings. The van der Waals surface area contributed by atoms with E-state index in [4.69, 9.17) is 5.73 Å². The van der Waals surface area contributed by atoms with Crippen molar-refractivity contribution in [2.75, 3.05) is 12.8 Å². The van der Waals surface area contributed by atoms with Gasteiger partial charge in [-0.3, -0.25) is 9.59 Å². The van der Waals surface area contributed by atoms with Crippen LogP contribution in [0.25, 0.3) is 0 Å². The molecule has 4 heteroatoms. The van der Waals surface area contributed by atoms with Gasteiger partial charge in [-0.2, -0.15) is 0 Å². The average molecular weight is 262 g/mol. The van der Waals surface area contributed by atoms with E-state index in [9.17, 15) is 9.59 Å². The van der Waals surface area contributed by atoms with Crippen molar-refractivity contribution in [3.8, 4) is 0 Å². The van der Waals surface area contributed by atoms with E-state index in [1.807, 2.05) is 0 Å². The first kappa shape index (κ1) is 15.2. The van der Waals surface area contributed by atoms with Gasteiger partial charge in [-0.05, 0) is 24.1 Å². The summed E-state index contributed by atoms with van der Waals surface area (Å²) in [6.45, 7) is 2.10. The third-order valence-corrected chi connectivity index (χ3v) is 3.07. The van der Waals surface area contributed by atoms with Crippen LogP contribution in [0.3, 0.4) is 0 Å². The molecule has 0 heterocycles. The normalized spacial score (nSPS) is 10.2. The molecule has 0 bridgehead atoms. The minimum atomic E-state index is -0.0749. The molecule has 0 saturated heterocycles. The summed E-state index contributed by atoms with van der Waals surface area (Å²) in [6.07, 6.45) is 3.80. The molecule has 0 fully saturated rings. The monoisotopic (exact) mass is 262 g/mol. The van der Waals surface area contributed by atoms with E-state index in [1.54, 1.807) is 25.2 Å². The molecule has 0 aliphatic heterocycles. The zero-order valence-corrected chi connectivity index (χ0v) is 11.7. The lowest BCUT2D eigenvalue weighted by atomic mass is 9.99. The number of nitrogens with one attached hydrogen (secondary N) is 1. The Hall–Kier alpha value is -1.84. The molecule has 0 unspecified atom stereocenters. The van der Waals surface area contributed by atoms with Crippen LogP contribution in [-0.2, 0) is 11.2 Å². The highest BCUT2D eigenvalue weighted by Crippen LogP contribution is 2.18. The summed E-state index contributed by atoms with van der Waals surface area (Å²) in [5.41, 5.74) is 7.68. The molecule has 0 spiro atoms. The maximum absolute atomic E-state index is 12.1. The summed E-state index contributed by atoms with van der Waals surface area (Å²) in [5.74, 6) is -0.0149. The zero-order valence-electron chi connectivity index (χ0n) is 11.7. The number of likely N-dealkylation sites (N-methyl/N-ethyl adjacent to an activating group) is 1. The van der Waals surface area contributed by atoms with Crippen molar-refractivity contribution in [1.29, 1.82) is 0 Å². The van der Waals surface area contributed by atoms with Crippen LogP contribution in [0.2, 0.25) is 0 Å². The first-order valence-electron chi connectivity index (χ1n) is 6.70. The Labute approximate surface area is 114 Å². The molecule has 0 aliphatic carbocycles. The number of hydrogen-bond acceptors (Lipinski definition) is 3. The van der Waals surface area contributed by atoms with E-state index in [0.717, 1.165) is 24.8 Å². The van der Waals surface area contributed by atoms with Crippen molar-refractivity contribution in [1.82, 2.24) is 5.32 Å². The molecule has 104 valence electrons. The first-order valence-corrected chi connectivity index (χ1v) is 6.70. The van der Waals surface area contributed by atoms with Crippen molar-refractivity contribution in [3.63, 3.8) is 0 Å². The van der Waals surface area contributed by atoms with E-state index in [2.05, 4.69) is 12.2 Å². The second kappa shape index (κ2) is 7.56. The van der Waals surface area contributed by atoms with Gasteiger partial charge in [-0.1, -0.05) is 25.8 Å². The van der Waals surface area contributed by atoms with Crippen molar-refractivity contribution in [2.24, 2.45) is 0 Å². The van der Waals surface area contributed by atoms with Gasteiger partial charge in [-0.25, -0.2) is 0 Å². The highest BCUT2D eigenvalue weighted by atomic mass is 16.1. The molecule has 0 saturated carbocycles. The number of nitrogen functional groups attached to an aromatic ring is 1. The predicted octanol–water partition coefficient (Wildman–Crippen LogP) is 2.32. The Morgan fingerprint density at radius 2 is 2.00 bits per heavy atom. The standard InChI is InChI=1S/C15H22N2O2/c1-3-4-5-6-14(18)12-9-11(7-8-13(12)16)10-15(19)17-2/h7-9H,3-6,10,16H2,1-2H3,(H,17,19). The molecule has 3 N–H and O–H groups in total. The molecule has 1 rings (SSSR count). The number of nitrogens with two attached hydrogens (primary N) is 1. The van der Waals surface area contributed by atoms with E-state index in [1.165, 1.54) is 0 Å². The molecular weight excluding hydrogens is 240 g/mol. The molecule has 0 atom stereocenters. The Morgan fingerprint density at radius 1 is 1.26 bits per heavy atom. The van der Waals surface area contributed by atoms with E-state index >= 15 is 0 Å². The summed E-state index contributed by atoms with van der Waals surface area (Å²) in [6, 6.07) is 5.22. The number of ketones is 1. The second-order valence-electron chi connectivity index (χ2n) is 4.65. The number of hydrogen-bond donors (Lipinski definition) is 2. The van der Waals surface area contributed by atoms with Crippen LogP contribution in [0, 0.1) is 0 Å². The van der Waals surface area contributed by atoms with Gasteiger partial charge in [0.15, 0.2) is 5.78 Å². The maximum Gasteiger partial charge on any atom is 0.224 e. The van der Waals surface area contributed by atoms with Crippen LogP contribution in [0.4, 0.5) is 5.69 Å². The van der Waals surface area contributed by atoms with Gasteiger partial charge in [0, 0.05) is 24.7 Å². The molecule has 1 aromatic carbocycles. The number of benzene rings is 1. The summed E-state index contributed by atoms with van der Waals surface area (Å²) < 4.78 is 0. The van der Waals surface area contributed by atoms with Crippen LogP contribution >= 0.6 is 0 Å². The fourth-order valence-corrected chi connectivity index (χ4v) is 1.90. The van der Waals surface area contributed by atoms with Crippen molar-refractivity contribution < 1.29 is 9.59 Å². The summed E-state index contributed by atoms with van der Waals surface area (Å²) >= 11 is 0. The Bertz CT molecular complexity index is 455. The third-order valence-electron chi connectivity index (χ3n) is 3.07. The SMILES string of the molecule is CCCCCC(=O)c1cc(CC(=O)NC)ccc1N. The van der Waals surface area contributed by atoms with Crippen LogP contribution in [0.5, 0.6) is 0 Å². The highest BCUT2D eigenvalue weighted by molar-refractivity contribution is 6.01. The lowest BCUT2D eigenvalue weighted by Crippen LogP contribution is -2.20. The van der Waals surface area contributed by atoms with Crippen molar-refractivity contribution in [3.05, 3.63) is 29.3 Å². The van der Waals surface area contributed by atoms with Crippen LogP contribution < -0.4 is 11.1 Å². The van der Waals surface area contributed by atoms with Crippen molar-refractivity contribution in [2.45, 2.75) is 39.0 Å². The maximum atomic E-state index is 12.1. The third kappa shape index (κ3) is 4.73. The summed E-state index contributed by atoms with van der Waals surface area (Å²) in [5, 5.41) is 2.56. The van der Waals surface area contributed by atoms with Crippen LogP contribution in [-0.4, -0.2) is 18.7 Å². The molecule has 0 radical (unpaired) electrons. The minimum absolute atomic E-state index is 0.0599. The number of rotatable bonds is 7. The summed E-state index contributed by atoms with van der Waals surface area (Å²) in [4.78, 5) is 23.4. The Kier molecular flexibility index (Phi) is 6.06. The van der Waals surface area contributed by atoms with Crippen LogP contribution in [0.15, 0.2) is 18.2 Å². The smallest absolute Gasteiger partial charge is 0.224 e. The predicted molar refractivity (Wildman–Crippen MR) is 77.1 cm³/mol. The van der Waals surface area contributed by atoms with Gasteiger partial charge in [0.25, 0.3) is 0 Å². The number of amides is 1. The van der Waals surface area contributed by atoms with Gasteiger partial charge >= 0.3 is 0 Å². The van der Waals surface area contributed by atoms with Gasteiger partial charge in [0.1, 0.15) is 0 Å². The van der Waals surface area contributed by atoms with Crippen LogP contribution in [0.1, 0.15) is 48.5 Å². The zero-order chi connectivity index (χ0) is 14.3. The topological polar surface area (TPSA) is 72.2 Å². The number of anilines is 1. The molecule has 1 aromatic rings. The Morgan fingerprint density at radius 3 is 2.63 bits per heavy atom. The number of carbonyl (C=O) groups is 2. The largest absolute Gasteiger partial charge is 0.398 e. The van der Waals surface area contributed by atoms with Gasteiger partial charge in [-0.15, -0.1) is 0 Å². The van der Waals surface area contributed by atoms with E-state index < -0.39 is 0 Å². The fourth-order valence-electron chi connectivity index (χ4n) is 1.90. The quantitative estimate of drug-likeness (QED) is 0.450.